The number of nitrogens with one attached hydrogen (secondary N) is 1. The van der Waals surface area contributed by atoms with Crippen LogP contribution in [0.3, 0.4) is 0 Å². The largest absolute Gasteiger partial charge is 0.497 e. The number of nitrogens with zero attached hydrogens (tertiary/aromatic N) is 1. The van der Waals surface area contributed by atoms with E-state index in [1.54, 1.807) is 7.11 Å². The van der Waals surface area contributed by atoms with E-state index in [1.807, 2.05) is 24.3 Å². The second-order valence-corrected chi connectivity index (χ2v) is 3.43. The summed E-state index contributed by atoms with van der Waals surface area (Å²) >= 11 is 0. The van der Waals surface area contributed by atoms with Crippen molar-refractivity contribution in [2.24, 2.45) is 0 Å². The number of H-pyrrole nitrogens is 1. The zero-order valence-electron chi connectivity index (χ0n) is 8.93. The molecule has 0 bridgehead atoms. The van der Waals surface area contributed by atoms with Crippen LogP contribution in [-0.4, -0.2) is 23.4 Å². The number of aromatic amines is 1. The predicted molar refractivity (Wildman–Crippen MR) is 59.8 cm³/mol. The van der Waals surface area contributed by atoms with Crippen LogP contribution in [0.5, 0.6) is 5.75 Å². The SMILES string of the molecule is COc1cccc(Cc2ncc(C=O)[nH]2)c1. The topological polar surface area (TPSA) is 55.0 Å². The molecular weight excluding hydrogens is 204 g/mol. The van der Waals surface area contributed by atoms with Crippen molar-refractivity contribution < 1.29 is 9.53 Å². The van der Waals surface area contributed by atoms with Gasteiger partial charge in [-0.15, -0.1) is 0 Å². The number of carbonyl (C=O) groups is 1. The zero-order valence-corrected chi connectivity index (χ0v) is 8.93. The molecule has 0 atom stereocenters. The second kappa shape index (κ2) is 4.61. The molecule has 1 N–H and O–H groups in total. The monoisotopic (exact) mass is 216 g/mol. The number of rotatable bonds is 4. The molecule has 0 aliphatic rings. The summed E-state index contributed by atoms with van der Waals surface area (Å²) in [5.74, 6) is 1.59. The van der Waals surface area contributed by atoms with Gasteiger partial charge < -0.3 is 9.72 Å². The maximum atomic E-state index is 10.5. The smallest absolute Gasteiger partial charge is 0.167 e. The average Bonchev–Trinajstić information content (AvgIpc) is 2.77. The molecule has 1 aromatic heterocycles. The second-order valence-electron chi connectivity index (χ2n) is 3.43. The van der Waals surface area contributed by atoms with Gasteiger partial charge in [0.2, 0.25) is 0 Å². The van der Waals surface area contributed by atoms with Crippen molar-refractivity contribution in [2.75, 3.05) is 7.11 Å². The molecule has 4 heteroatoms. The Hall–Kier alpha value is -2.10. The Bertz CT molecular complexity index is 491. The highest BCUT2D eigenvalue weighted by Gasteiger charge is 2.02. The lowest BCUT2D eigenvalue weighted by Gasteiger charge is -2.02. The van der Waals surface area contributed by atoms with Crippen molar-refractivity contribution in [3.05, 3.63) is 47.5 Å². The molecule has 0 spiro atoms. The van der Waals surface area contributed by atoms with Gasteiger partial charge in [-0.05, 0) is 17.7 Å². The molecule has 0 saturated carbocycles. The van der Waals surface area contributed by atoms with Crippen LogP contribution in [0.1, 0.15) is 21.9 Å². The third-order valence-electron chi connectivity index (χ3n) is 2.28. The van der Waals surface area contributed by atoms with Crippen LogP contribution < -0.4 is 4.74 Å². The van der Waals surface area contributed by atoms with Crippen molar-refractivity contribution in [1.29, 1.82) is 0 Å². The molecule has 2 rings (SSSR count). The molecule has 1 aromatic carbocycles. The van der Waals surface area contributed by atoms with E-state index in [4.69, 9.17) is 4.74 Å². The summed E-state index contributed by atoms with van der Waals surface area (Å²) in [6, 6.07) is 7.76. The van der Waals surface area contributed by atoms with Crippen molar-refractivity contribution in [3.8, 4) is 5.75 Å². The zero-order chi connectivity index (χ0) is 11.4. The summed E-state index contributed by atoms with van der Waals surface area (Å²) in [5.41, 5.74) is 1.59. The maximum Gasteiger partial charge on any atom is 0.167 e. The average molecular weight is 216 g/mol. The standard InChI is InChI=1S/C12H12N2O2/c1-16-11-4-2-3-9(5-11)6-12-13-7-10(8-15)14-12/h2-5,7-8H,6H2,1H3,(H,13,14). The highest BCUT2D eigenvalue weighted by Crippen LogP contribution is 2.14. The van der Waals surface area contributed by atoms with E-state index < -0.39 is 0 Å². The highest BCUT2D eigenvalue weighted by atomic mass is 16.5. The lowest BCUT2D eigenvalue weighted by molar-refractivity contribution is 0.111. The van der Waals surface area contributed by atoms with E-state index in [2.05, 4.69) is 9.97 Å². The maximum absolute atomic E-state index is 10.5. The van der Waals surface area contributed by atoms with Crippen LogP contribution >= 0.6 is 0 Å². The van der Waals surface area contributed by atoms with Crippen molar-refractivity contribution >= 4 is 6.29 Å². The van der Waals surface area contributed by atoms with Crippen LogP contribution in [0, 0.1) is 0 Å². The number of aldehydes is 1. The van der Waals surface area contributed by atoms with E-state index in [9.17, 15) is 4.79 Å². The molecule has 0 radical (unpaired) electrons. The first-order valence-electron chi connectivity index (χ1n) is 4.94. The lowest BCUT2D eigenvalue weighted by Crippen LogP contribution is -1.92. The minimum atomic E-state index is 0.498. The Morgan fingerprint density at radius 3 is 3.06 bits per heavy atom. The number of hydrogen-bond acceptors (Lipinski definition) is 3. The third-order valence-corrected chi connectivity index (χ3v) is 2.28. The molecule has 0 aliphatic carbocycles. The first-order valence-corrected chi connectivity index (χ1v) is 4.94. The first-order chi connectivity index (χ1) is 7.81. The molecule has 0 fully saturated rings. The molecule has 2 aromatic rings. The molecule has 0 amide bonds. The molecule has 0 aliphatic heterocycles. The van der Waals surface area contributed by atoms with Crippen LogP contribution in [0.15, 0.2) is 30.5 Å². The summed E-state index contributed by atoms with van der Waals surface area (Å²) in [4.78, 5) is 17.5. The van der Waals surface area contributed by atoms with Gasteiger partial charge in [0.1, 0.15) is 11.6 Å². The Balaban J connectivity index is 2.16. The fourth-order valence-electron chi connectivity index (χ4n) is 1.50. The molecule has 1 heterocycles. The Morgan fingerprint density at radius 2 is 2.38 bits per heavy atom. The van der Waals surface area contributed by atoms with Gasteiger partial charge in [0.05, 0.1) is 19.0 Å². The molecular formula is C12H12N2O2. The predicted octanol–water partition coefficient (Wildman–Crippen LogP) is 1.82. The fourth-order valence-corrected chi connectivity index (χ4v) is 1.50. The Kier molecular flexibility index (Phi) is 3.00. The third kappa shape index (κ3) is 2.28. The number of aromatic nitrogens is 2. The molecule has 0 saturated heterocycles. The van der Waals surface area contributed by atoms with Crippen LogP contribution in [0.2, 0.25) is 0 Å². The van der Waals surface area contributed by atoms with Crippen molar-refractivity contribution in [1.82, 2.24) is 9.97 Å². The van der Waals surface area contributed by atoms with E-state index >= 15 is 0 Å². The van der Waals surface area contributed by atoms with Gasteiger partial charge in [-0.2, -0.15) is 0 Å². The van der Waals surface area contributed by atoms with Gasteiger partial charge in [-0.3, -0.25) is 4.79 Å². The number of ether oxygens (including phenoxy) is 1. The minimum Gasteiger partial charge on any atom is -0.497 e. The van der Waals surface area contributed by atoms with Gasteiger partial charge in [-0.25, -0.2) is 4.98 Å². The van der Waals surface area contributed by atoms with E-state index in [-0.39, 0.29) is 0 Å². The van der Waals surface area contributed by atoms with Crippen LogP contribution in [-0.2, 0) is 6.42 Å². The summed E-state index contributed by atoms with van der Waals surface area (Å²) in [6.45, 7) is 0. The van der Waals surface area contributed by atoms with Gasteiger partial charge >= 0.3 is 0 Å². The number of carbonyl (C=O) groups excluding carboxylic acids is 1. The molecule has 4 nitrogen and oxygen atoms in total. The van der Waals surface area contributed by atoms with Crippen LogP contribution in [0.25, 0.3) is 0 Å². The first kappa shape index (κ1) is 10.4. The summed E-state index contributed by atoms with van der Waals surface area (Å²) in [5, 5.41) is 0. The van der Waals surface area contributed by atoms with E-state index in [0.29, 0.717) is 12.1 Å². The lowest BCUT2D eigenvalue weighted by atomic mass is 10.1. The van der Waals surface area contributed by atoms with E-state index in [0.717, 1.165) is 23.4 Å². The summed E-state index contributed by atoms with van der Waals surface area (Å²) in [7, 11) is 1.64. The van der Waals surface area contributed by atoms with Crippen molar-refractivity contribution in [2.45, 2.75) is 6.42 Å². The quantitative estimate of drug-likeness (QED) is 0.793. The number of hydrogen-bond donors (Lipinski definition) is 1. The highest BCUT2D eigenvalue weighted by molar-refractivity contribution is 5.71. The van der Waals surface area contributed by atoms with Crippen molar-refractivity contribution in [3.63, 3.8) is 0 Å². The van der Waals surface area contributed by atoms with Gasteiger partial charge in [-0.1, -0.05) is 12.1 Å². The van der Waals surface area contributed by atoms with Gasteiger partial charge in [0, 0.05) is 6.42 Å². The van der Waals surface area contributed by atoms with E-state index in [1.165, 1.54) is 6.20 Å². The Labute approximate surface area is 93.3 Å². The fraction of sp³-hybridized carbons (Fsp3) is 0.167. The molecule has 82 valence electrons. The number of benzene rings is 1. The summed E-state index contributed by atoms with van der Waals surface area (Å²) in [6.07, 6.45) is 2.94. The minimum absolute atomic E-state index is 0.498. The molecule has 16 heavy (non-hydrogen) atoms. The number of imidazole rings is 1. The normalized spacial score (nSPS) is 10.1. The van der Waals surface area contributed by atoms with Gasteiger partial charge in [0.25, 0.3) is 0 Å². The Morgan fingerprint density at radius 1 is 1.50 bits per heavy atom. The number of methoxy groups -OCH3 is 1. The van der Waals surface area contributed by atoms with Crippen LogP contribution in [0.4, 0.5) is 0 Å². The summed E-state index contributed by atoms with van der Waals surface area (Å²) < 4.78 is 5.13. The van der Waals surface area contributed by atoms with Gasteiger partial charge in [0.15, 0.2) is 6.29 Å². The molecule has 0 unspecified atom stereocenters.